The third-order valence-corrected chi connectivity index (χ3v) is 5.91. The molecule has 0 amide bonds. The Labute approximate surface area is 152 Å². The lowest BCUT2D eigenvalue weighted by Gasteiger charge is -2.49. The van der Waals surface area contributed by atoms with Crippen LogP contribution in [0.1, 0.15) is 59.3 Å². The van der Waals surface area contributed by atoms with Crippen LogP contribution >= 0.6 is 0 Å². The summed E-state index contributed by atoms with van der Waals surface area (Å²) in [6, 6.07) is 0. The number of rotatable bonds is 6. The van der Waals surface area contributed by atoms with Gasteiger partial charge in [-0.3, -0.25) is 14.9 Å². The van der Waals surface area contributed by atoms with Crippen LogP contribution in [0, 0.1) is 33.3 Å². The van der Waals surface area contributed by atoms with Gasteiger partial charge in [0.2, 0.25) is 12.5 Å². The van der Waals surface area contributed by atoms with Crippen LogP contribution < -0.4 is 0 Å². The molecule has 3 aliphatic carbocycles. The van der Waals surface area contributed by atoms with Gasteiger partial charge in [0, 0.05) is 17.8 Å². The number of halogens is 2. The highest BCUT2D eigenvalue weighted by atomic mass is 19.3. The predicted octanol–water partition coefficient (Wildman–Crippen LogP) is 4.38. The molecule has 26 heavy (non-hydrogen) atoms. The van der Waals surface area contributed by atoms with Crippen LogP contribution in [-0.4, -0.2) is 29.0 Å². The van der Waals surface area contributed by atoms with Crippen LogP contribution in [0.3, 0.4) is 0 Å². The van der Waals surface area contributed by atoms with E-state index in [9.17, 15) is 23.7 Å². The average Bonchev–Trinajstić information content (AvgIpc) is 2.71. The number of alkyl halides is 2. The van der Waals surface area contributed by atoms with Crippen LogP contribution in [0.4, 0.5) is 8.78 Å². The number of fused-ring (bicyclic) bond motifs is 1. The van der Waals surface area contributed by atoms with Crippen molar-refractivity contribution in [2.24, 2.45) is 23.2 Å². The van der Waals surface area contributed by atoms with Crippen LogP contribution in [-0.2, 0) is 9.53 Å². The van der Waals surface area contributed by atoms with Crippen molar-refractivity contribution in [3.05, 3.63) is 21.8 Å². The highest BCUT2D eigenvalue weighted by Gasteiger charge is 2.59. The second-order valence-corrected chi connectivity index (χ2v) is 9.47. The first-order valence-corrected chi connectivity index (χ1v) is 9.29. The standard InChI is InChI=1S/C19H27F2NO4/c1-17(2,3)26-16(23)10-18(11-22(24)25)9-14-5-12(6-15(14)18)4-13-7-19(20,21)8-13/h6,13-15H,4-5,7-11H2,1-3H3/t14-,15-,18-/m1/s1. The Morgan fingerprint density at radius 3 is 2.54 bits per heavy atom. The average molecular weight is 371 g/mol. The lowest BCUT2D eigenvalue weighted by atomic mass is 9.53. The first-order chi connectivity index (χ1) is 11.9. The first kappa shape index (κ1) is 19.2. The number of carbonyl (C=O) groups is 1. The Morgan fingerprint density at radius 1 is 1.35 bits per heavy atom. The molecule has 0 N–H and O–H groups in total. The quantitative estimate of drug-likeness (QED) is 0.301. The molecule has 0 heterocycles. The van der Waals surface area contributed by atoms with Gasteiger partial charge in [-0.15, -0.1) is 0 Å². The monoisotopic (exact) mass is 371 g/mol. The lowest BCUT2D eigenvalue weighted by Crippen LogP contribution is -2.51. The number of hydrogen-bond acceptors (Lipinski definition) is 4. The van der Waals surface area contributed by atoms with E-state index < -0.39 is 22.9 Å². The van der Waals surface area contributed by atoms with Crippen molar-refractivity contribution in [3.8, 4) is 0 Å². The van der Waals surface area contributed by atoms with Gasteiger partial charge in [0.15, 0.2) is 0 Å². The van der Waals surface area contributed by atoms with Crippen molar-refractivity contribution in [3.63, 3.8) is 0 Å². The molecule has 3 aliphatic rings. The van der Waals surface area contributed by atoms with Crippen molar-refractivity contribution >= 4 is 5.97 Å². The Bertz CT molecular complexity index is 632. The number of nitrogens with zero attached hydrogens (tertiary/aromatic N) is 1. The van der Waals surface area contributed by atoms with Crippen LogP contribution in [0.25, 0.3) is 0 Å². The zero-order chi connectivity index (χ0) is 19.3. The summed E-state index contributed by atoms with van der Waals surface area (Å²) >= 11 is 0. The van der Waals surface area contributed by atoms with Crippen molar-refractivity contribution in [2.45, 2.75) is 70.8 Å². The summed E-state index contributed by atoms with van der Waals surface area (Å²) in [5.74, 6) is -2.62. The molecule has 0 saturated heterocycles. The minimum atomic E-state index is -2.52. The van der Waals surface area contributed by atoms with E-state index in [2.05, 4.69) is 0 Å². The minimum absolute atomic E-state index is 0.0176. The van der Waals surface area contributed by atoms with Gasteiger partial charge >= 0.3 is 5.97 Å². The van der Waals surface area contributed by atoms with Crippen molar-refractivity contribution in [1.82, 2.24) is 0 Å². The third kappa shape index (κ3) is 4.07. The molecule has 0 bridgehead atoms. The van der Waals surface area contributed by atoms with Crippen molar-refractivity contribution in [1.29, 1.82) is 0 Å². The van der Waals surface area contributed by atoms with Gasteiger partial charge in [0.1, 0.15) is 5.60 Å². The Balaban J connectivity index is 1.66. The van der Waals surface area contributed by atoms with Gasteiger partial charge in [-0.25, -0.2) is 8.78 Å². The summed E-state index contributed by atoms with van der Waals surface area (Å²) < 4.78 is 31.4. The molecule has 7 heteroatoms. The molecule has 146 valence electrons. The fraction of sp³-hybridized carbons (Fsp3) is 0.842. The molecule has 0 unspecified atom stereocenters. The van der Waals surface area contributed by atoms with Crippen molar-refractivity contribution in [2.75, 3.05) is 6.54 Å². The Kier molecular flexibility index (Phi) is 4.64. The Morgan fingerprint density at radius 2 is 2.00 bits per heavy atom. The zero-order valence-electron chi connectivity index (χ0n) is 15.6. The first-order valence-electron chi connectivity index (χ1n) is 9.29. The summed E-state index contributed by atoms with van der Waals surface area (Å²) in [5.41, 5.74) is -0.181. The maximum atomic E-state index is 13.0. The summed E-state index contributed by atoms with van der Waals surface area (Å²) in [6.45, 7) is 5.07. The molecule has 0 aromatic carbocycles. The van der Waals surface area contributed by atoms with Gasteiger partial charge in [-0.2, -0.15) is 0 Å². The fourth-order valence-corrected chi connectivity index (χ4v) is 5.08. The fourth-order valence-electron chi connectivity index (χ4n) is 5.08. The number of hydrogen-bond donors (Lipinski definition) is 0. The number of nitro groups is 1. The molecule has 2 fully saturated rings. The van der Waals surface area contributed by atoms with E-state index >= 15 is 0 Å². The maximum Gasteiger partial charge on any atom is 0.307 e. The molecule has 3 atom stereocenters. The molecule has 3 rings (SSSR count). The minimum Gasteiger partial charge on any atom is -0.460 e. The highest BCUT2D eigenvalue weighted by Crippen LogP contribution is 2.61. The van der Waals surface area contributed by atoms with Gasteiger partial charge in [0.25, 0.3) is 0 Å². The Hall–Kier alpha value is -1.53. The molecular formula is C19H27F2NO4. The summed E-state index contributed by atoms with van der Waals surface area (Å²) in [5, 5.41) is 11.2. The second-order valence-electron chi connectivity index (χ2n) is 9.47. The van der Waals surface area contributed by atoms with E-state index in [1.54, 1.807) is 20.8 Å². The predicted molar refractivity (Wildman–Crippen MR) is 91.3 cm³/mol. The van der Waals surface area contributed by atoms with Gasteiger partial charge in [-0.1, -0.05) is 11.6 Å². The van der Waals surface area contributed by atoms with E-state index in [0.717, 1.165) is 12.0 Å². The summed E-state index contributed by atoms with van der Waals surface area (Å²) in [6.07, 6.45) is 4.06. The molecule has 2 saturated carbocycles. The topological polar surface area (TPSA) is 69.4 Å². The summed E-state index contributed by atoms with van der Waals surface area (Å²) in [7, 11) is 0. The molecular weight excluding hydrogens is 344 g/mol. The molecule has 0 aliphatic heterocycles. The smallest absolute Gasteiger partial charge is 0.307 e. The third-order valence-electron chi connectivity index (χ3n) is 5.91. The second kappa shape index (κ2) is 6.27. The SMILES string of the molecule is CC(C)(C)OC(=O)C[C@@]1(C[N+](=O)[O-])C[C@H]2CC(CC3CC(F)(F)C3)=C[C@H]21. The van der Waals surface area contributed by atoms with Gasteiger partial charge in [-0.05, 0) is 57.8 Å². The van der Waals surface area contributed by atoms with E-state index in [-0.39, 0.29) is 42.6 Å². The largest absolute Gasteiger partial charge is 0.460 e. The van der Waals surface area contributed by atoms with E-state index in [4.69, 9.17) is 4.74 Å². The maximum absolute atomic E-state index is 13.0. The zero-order valence-corrected chi connectivity index (χ0v) is 15.6. The van der Waals surface area contributed by atoms with Gasteiger partial charge in [0.05, 0.1) is 11.8 Å². The number of carbonyl (C=O) groups excluding carboxylic acids is 1. The van der Waals surface area contributed by atoms with Crippen LogP contribution in [0.5, 0.6) is 0 Å². The molecule has 0 aromatic rings. The molecule has 0 spiro atoms. The number of allylic oxidation sites excluding steroid dienone is 2. The highest BCUT2D eigenvalue weighted by molar-refractivity contribution is 5.71. The normalized spacial score (nSPS) is 32.9. The van der Waals surface area contributed by atoms with E-state index in [1.807, 2.05) is 6.08 Å². The number of ether oxygens (including phenoxy) is 1. The number of esters is 1. The van der Waals surface area contributed by atoms with Crippen molar-refractivity contribution < 1.29 is 23.2 Å². The van der Waals surface area contributed by atoms with Gasteiger partial charge < -0.3 is 4.74 Å². The molecule has 0 radical (unpaired) electrons. The van der Waals surface area contributed by atoms with E-state index in [1.165, 1.54) is 0 Å². The summed E-state index contributed by atoms with van der Waals surface area (Å²) in [4.78, 5) is 23.1. The van der Waals surface area contributed by atoms with Crippen LogP contribution in [0.2, 0.25) is 0 Å². The molecule has 0 aromatic heterocycles. The molecule has 5 nitrogen and oxygen atoms in total. The lowest BCUT2D eigenvalue weighted by molar-refractivity contribution is -0.506. The van der Waals surface area contributed by atoms with Crippen LogP contribution in [0.15, 0.2) is 11.6 Å². The van der Waals surface area contributed by atoms with E-state index in [0.29, 0.717) is 18.8 Å².